The Kier molecular flexibility index (Phi) is 2.94. The van der Waals surface area contributed by atoms with Gasteiger partial charge < -0.3 is 15.0 Å². The van der Waals surface area contributed by atoms with Crippen molar-refractivity contribution >= 4 is 22.6 Å². The third kappa shape index (κ3) is 2.17. The third-order valence-corrected chi connectivity index (χ3v) is 4.15. The Labute approximate surface area is 130 Å². The largest absolute Gasteiger partial charge is 0.497 e. The molecule has 0 spiro atoms. The summed E-state index contributed by atoms with van der Waals surface area (Å²) in [5.41, 5.74) is 1.89. The van der Waals surface area contributed by atoms with Gasteiger partial charge in [0.1, 0.15) is 11.6 Å². The highest BCUT2D eigenvalue weighted by atomic mass is 16.5. The monoisotopic (exact) mass is 310 g/mol. The van der Waals surface area contributed by atoms with Crippen LogP contribution >= 0.6 is 0 Å². The molecule has 1 aliphatic heterocycles. The lowest BCUT2D eigenvalue weighted by atomic mass is 9.87. The predicted octanol–water partition coefficient (Wildman–Crippen LogP) is 1.73. The molecule has 3 N–H and O–H groups in total. The van der Waals surface area contributed by atoms with Gasteiger partial charge in [-0.3, -0.25) is 14.7 Å². The molecule has 0 fully saturated rings. The van der Waals surface area contributed by atoms with Crippen LogP contribution in [-0.4, -0.2) is 28.2 Å². The summed E-state index contributed by atoms with van der Waals surface area (Å²) in [6.45, 7) is 0. The number of anilines is 1. The van der Waals surface area contributed by atoms with Gasteiger partial charge in [0.25, 0.3) is 5.56 Å². The maximum Gasteiger partial charge on any atom is 0.252 e. The summed E-state index contributed by atoms with van der Waals surface area (Å²) in [5.74, 6) is 0.797. The molecule has 116 valence electrons. The first kappa shape index (κ1) is 13.6. The van der Waals surface area contributed by atoms with Crippen LogP contribution in [0.4, 0.5) is 5.82 Å². The summed E-state index contributed by atoms with van der Waals surface area (Å²) >= 11 is 0. The first-order valence-electron chi connectivity index (χ1n) is 7.20. The van der Waals surface area contributed by atoms with Gasteiger partial charge in [0.2, 0.25) is 5.91 Å². The van der Waals surface area contributed by atoms with E-state index in [1.54, 1.807) is 25.4 Å². The standard InChI is InChI=1S/C16H14N4O3/c1-23-9-2-3-13-8(4-9)5-11(16(22)18-13)10-6-14(21)19-15-12(10)7-17-20-15/h2-5,7,10H,6H2,1H3,(H,18,22)(H2,17,19,20,21)/t10-/m1/s1. The molecule has 3 heterocycles. The summed E-state index contributed by atoms with van der Waals surface area (Å²) in [7, 11) is 1.59. The van der Waals surface area contributed by atoms with Crippen LogP contribution in [0.25, 0.3) is 10.9 Å². The van der Waals surface area contributed by atoms with Gasteiger partial charge in [0.05, 0.1) is 13.3 Å². The molecule has 1 atom stereocenters. The van der Waals surface area contributed by atoms with E-state index in [9.17, 15) is 9.59 Å². The molecule has 23 heavy (non-hydrogen) atoms. The van der Waals surface area contributed by atoms with Crippen molar-refractivity contribution in [1.29, 1.82) is 0 Å². The number of amides is 1. The maximum atomic E-state index is 12.5. The van der Waals surface area contributed by atoms with E-state index in [2.05, 4.69) is 20.5 Å². The number of H-pyrrole nitrogens is 2. The quantitative estimate of drug-likeness (QED) is 0.671. The molecule has 1 amide bonds. The Morgan fingerprint density at radius 3 is 2.91 bits per heavy atom. The van der Waals surface area contributed by atoms with Gasteiger partial charge in [-0.1, -0.05) is 0 Å². The fourth-order valence-electron chi connectivity index (χ4n) is 3.01. The second kappa shape index (κ2) is 4.98. The fraction of sp³-hybridized carbons (Fsp3) is 0.188. The molecule has 2 aromatic heterocycles. The lowest BCUT2D eigenvalue weighted by molar-refractivity contribution is -0.116. The van der Waals surface area contributed by atoms with Crippen LogP contribution in [-0.2, 0) is 4.79 Å². The van der Waals surface area contributed by atoms with E-state index in [-0.39, 0.29) is 23.8 Å². The number of nitrogens with one attached hydrogen (secondary N) is 3. The summed E-state index contributed by atoms with van der Waals surface area (Å²) in [5, 5.41) is 10.3. The van der Waals surface area contributed by atoms with Crippen LogP contribution < -0.4 is 15.6 Å². The maximum absolute atomic E-state index is 12.5. The van der Waals surface area contributed by atoms with Gasteiger partial charge in [0, 0.05) is 34.4 Å². The number of hydrogen-bond donors (Lipinski definition) is 3. The number of hydrogen-bond acceptors (Lipinski definition) is 4. The van der Waals surface area contributed by atoms with Crippen LogP contribution in [0.3, 0.4) is 0 Å². The lowest BCUT2D eigenvalue weighted by Crippen LogP contribution is -2.26. The Balaban J connectivity index is 1.90. The number of rotatable bonds is 2. The number of benzene rings is 1. The average molecular weight is 310 g/mol. The molecule has 7 heteroatoms. The zero-order valence-electron chi connectivity index (χ0n) is 12.3. The summed E-state index contributed by atoms with van der Waals surface area (Å²) in [4.78, 5) is 27.2. The Morgan fingerprint density at radius 1 is 1.22 bits per heavy atom. The van der Waals surface area contributed by atoms with Crippen LogP contribution in [0.5, 0.6) is 5.75 Å². The molecule has 0 saturated carbocycles. The number of nitrogens with zero attached hydrogens (tertiary/aromatic N) is 1. The van der Waals surface area contributed by atoms with Crippen molar-refractivity contribution < 1.29 is 9.53 Å². The van der Waals surface area contributed by atoms with E-state index >= 15 is 0 Å². The lowest BCUT2D eigenvalue weighted by Gasteiger charge is -2.21. The summed E-state index contributed by atoms with van der Waals surface area (Å²) in [6.07, 6.45) is 1.86. The third-order valence-electron chi connectivity index (χ3n) is 4.15. The molecular weight excluding hydrogens is 296 g/mol. The fourth-order valence-corrected chi connectivity index (χ4v) is 3.01. The van der Waals surface area contributed by atoms with E-state index in [4.69, 9.17) is 4.74 Å². The molecule has 4 rings (SSSR count). The van der Waals surface area contributed by atoms with Crippen molar-refractivity contribution in [1.82, 2.24) is 15.2 Å². The zero-order chi connectivity index (χ0) is 16.0. The number of methoxy groups -OCH3 is 1. The Morgan fingerprint density at radius 2 is 2.09 bits per heavy atom. The minimum Gasteiger partial charge on any atom is -0.497 e. The van der Waals surface area contributed by atoms with Gasteiger partial charge in [-0.2, -0.15) is 5.10 Å². The van der Waals surface area contributed by atoms with Gasteiger partial charge >= 0.3 is 0 Å². The van der Waals surface area contributed by atoms with Crippen molar-refractivity contribution in [2.75, 3.05) is 12.4 Å². The van der Waals surface area contributed by atoms with Crippen molar-refractivity contribution in [3.05, 3.63) is 51.9 Å². The van der Waals surface area contributed by atoms with Crippen LogP contribution in [0.1, 0.15) is 23.5 Å². The number of carbonyl (C=O) groups excluding carboxylic acids is 1. The minimum absolute atomic E-state index is 0.142. The normalized spacial score (nSPS) is 16.9. The number of carbonyl (C=O) groups is 1. The van der Waals surface area contributed by atoms with Crippen LogP contribution in [0.15, 0.2) is 35.3 Å². The molecule has 3 aromatic rings. The molecule has 0 saturated heterocycles. The van der Waals surface area contributed by atoms with E-state index in [0.717, 1.165) is 16.5 Å². The first-order valence-corrected chi connectivity index (χ1v) is 7.20. The Bertz CT molecular complexity index is 973. The number of fused-ring (bicyclic) bond motifs is 2. The number of ether oxygens (including phenoxy) is 1. The molecule has 0 radical (unpaired) electrons. The molecule has 1 aromatic carbocycles. The second-order valence-electron chi connectivity index (χ2n) is 5.51. The van der Waals surface area contributed by atoms with Crippen LogP contribution in [0, 0.1) is 0 Å². The highest BCUT2D eigenvalue weighted by molar-refractivity contribution is 5.94. The van der Waals surface area contributed by atoms with E-state index in [1.807, 2.05) is 12.1 Å². The predicted molar refractivity (Wildman–Crippen MR) is 84.8 cm³/mol. The van der Waals surface area contributed by atoms with Gasteiger partial charge in [-0.25, -0.2) is 0 Å². The SMILES string of the molecule is COc1ccc2[nH]c(=O)c([C@H]3CC(=O)Nc4[nH]ncc43)cc2c1. The van der Waals surface area contributed by atoms with Gasteiger partial charge in [-0.15, -0.1) is 0 Å². The topological polar surface area (TPSA) is 99.9 Å². The molecule has 1 aliphatic rings. The number of aromatic nitrogens is 3. The first-order chi connectivity index (χ1) is 11.2. The average Bonchev–Trinajstić information content (AvgIpc) is 3.01. The van der Waals surface area contributed by atoms with Crippen molar-refractivity contribution in [2.24, 2.45) is 0 Å². The zero-order valence-corrected chi connectivity index (χ0v) is 12.3. The van der Waals surface area contributed by atoms with Crippen molar-refractivity contribution in [3.8, 4) is 5.75 Å². The number of aromatic amines is 2. The highest BCUT2D eigenvalue weighted by Crippen LogP contribution is 2.35. The molecule has 7 nitrogen and oxygen atoms in total. The summed E-state index contributed by atoms with van der Waals surface area (Å²) < 4.78 is 5.23. The molecule has 0 unspecified atom stereocenters. The van der Waals surface area contributed by atoms with E-state index in [1.165, 1.54) is 0 Å². The van der Waals surface area contributed by atoms with Gasteiger partial charge in [0.15, 0.2) is 0 Å². The smallest absolute Gasteiger partial charge is 0.252 e. The second-order valence-corrected chi connectivity index (χ2v) is 5.51. The van der Waals surface area contributed by atoms with Gasteiger partial charge in [-0.05, 0) is 24.3 Å². The molecular formula is C16H14N4O3. The Hall–Kier alpha value is -3.09. The van der Waals surface area contributed by atoms with Crippen molar-refractivity contribution in [2.45, 2.75) is 12.3 Å². The number of pyridine rings is 1. The molecule has 0 aliphatic carbocycles. The summed E-state index contributed by atoms with van der Waals surface area (Å²) in [6, 6.07) is 7.26. The minimum atomic E-state index is -0.322. The van der Waals surface area contributed by atoms with Crippen LogP contribution in [0.2, 0.25) is 0 Å². The van der Waals surface area contributed by atoms with Crippen molar-refractivity contribution in [3.63, 3.8) is 0 Å². The highest BCUT2D eigenvalue weighted by Gasteiger charge is 2.30. The van der Waals surface area contributed by atoms with E-state index < -0.39 is 0 Å². The van der Waals surface area contributed by atoms with E-state index in [0.29, 0.717) is 17.1 Å². The molecule has 0 bridgehead atoms.